The number of nitro groups is 1. The molecule has 0 bridgehead atoms. The average Bonchev–Trinajstić information content (AvgIpc) is 2.97. The predicted octanol–water partition coefficient (Wildman–Crippen LogP) is 3.16. The Balaban J connectivity index is 2.08. The van der Waals surface area contributed by atoms with Crippen LogP contribution >= 0.6 is 0 Å². The molecule has 0 N–H and O–H groups in total. The molecule has 0 unspecified atom stereocenters. The SMILES string of the molecule is COCCCn1c2c(c3ccc([N+](=O)[O-])cc3c1=O)C(=O)c1ccccc1-2. The van der Waals surface area contributed by atoms with Crippen molar-refractivity contribution in [1.82, 2.24) is 4.57 Å². The zero-order chi connectivity index (χ0) is 19.1. The summed E-state index contributed by atoms with van der Waals surface area (Å²) >= 11 is 0. The number of ether oxygens (including phenoxy) is 1. The van der Waals surface area contributed by atoms with E-state index in [1.165, 1.54) is 18.2 Å². The Morgan fingerprint density at radius 2 is 1.81 bits per heavy atom. The van der Waals surface area contributed by atoms with Crippen LogP contribution in [-0.4, -0.2) is 29.0 Å². The van der Waals surface area contributed by atoms with Gasteiger partial charge in [0, 0.05) is 48.9 Å². The maximum Gasteiger partial charge on any atom is 0.270 e. The van der Waals surface area contributed by atoms with Crippen molar-refractivity contribution in [3.63, 3.8) is 0 Å². The summed E-state index contributed by atoms with van der Waals surface area (Å²) in [5, 5.41) is 11.8. The van der Waals surface area contributed by atoms with Crippen molar-refractivity contribution in [2.24, 2.45) is 0 Å². The number of nitro benzene ring substituents is 1. The van der Waals surface area contributed by atoms with Crippen molar-refractivity contribution in [1.29, 1.82) is 0 Å². The molecule has 0 fully saturated rings. The average molecular weight is 364 g/mol. The molecule has 7 heteroatoms. The number of hydrogen-bond donors (Lipinski definition) is 0. The third-order valence-corrected chi connectivity index (χ3v) is 4.85. The molecule has 136 valence electrons. The minimum absolute atomic E-state index is 0.167. The smallest absolute Gasteiger partial charge is 0.270 e. The number of carbonyl (C=O) groups excluding carboxylic acids is 1. The Bertz CT molecular complexity index is 1160. The molecule has 0 radical (unpaired) electrons. The number of methoxy groups -OCH3 is 1. The van der Waals surface area contributed by atoms with Gasteiger partial charge in [0.05, 0.1) is 21.6 Å². The van der Waals surface area contributed by atoms with E-state index in [0.29, 0.717) is 47.3 Å². The quantitative estimate of drug-likeness (QED) is 0.308. The third kappa shape index (κ3) is 2.55. The number of carbonyl (C=O) groups is 1. The fraction of sp³-hybridized carbons (Fsp3) is 0.200. The minimum atomic E-state index is -0.544. The summed E-state index contributed by atoms with van der Waals surface area (Å²) in [6.07, 6.45) is 0.583. The van der Waals surface area contributed by atoms with Crippen LogP contribution in [0.1, 0.15) is 22.3 Å². The predicted molar refractivity (Wildman–Crippen MR) is 100 cm³/mol. The molecule has 3 aromatic rings. The van der Waals surface area contributed by atoms with Crippen molar-refractivity contribution in [2.75, 3.05) is 13.7 Å². The van der Waals surface area contributed by atoms with Crippen LogP contribution in [0, 0.1) is 10.1 Å². The first-order valence-corrected chi connectivity index (χ1v) is 8.52. The number of ketones is 1. The van der Waals surface area contributed by atoms with Gasteiger partial charge in [-0.25, -0.2) is 0 Å². The van der Waals surface area contributed by atoms with Gasteiger partial charge in [0.1, 0.15) is 0 Å². The normalized spacial score (nSPS) is 12.3. The lowest BCUT2D eigenvalue weighted by Crippen LogP contribution is -2.24. The Morgan fingerprint density at radius 1 is 1.07 bits per heavy atom. The first-order valence-electron chi connectivity index (χ1n) is 8.52. The lowest BCUT2D eigenvalue weighted by Gasteiger charge is -2.14. The maximum atomic E-state index is 13.2. The molecule has 1 heterocycles. The molecule has 0 aliphatic heterocycles. The van der Waals surface area contributed by atoms with Gasteiger partial charge in [-0.2, -0.15) is 0 Å². The van der Waals surface area contributed by atoms with Crippen LogP contribution in [0.3, 0.4) is 0 Å². The molecule has 1 aliphatic rings. The van der Waals surface area contributed by atoms with Crippen molar-refractivity contribution in [3.05, 3.63) is 74.1 Å². The van der Waals surface area contributed by atoms with E-state index >= 15 is 0 Å². The lowest BCUT2D eigenvalue weighted by atomic mass is 10.0. The molecule has 1 aliphatic carbocycles. The van der Waals surface area contributed by atoms with Crippen molar-refractivity contribution in [3.8, 4) is 11.3 Å². The van der Waals surface area contributed by atoms with Gasteiger partial charge in [-0.3, -0.25) is 19.7 Å². The highest BCUT2D eigenvalue weighted by Gasteiger charge is 2.32. The zero-order valence-electron chi connectivity index (χ0n) is 14.6. The van der Waals surface area contributed by atoms with E-state index in [1.54, 1.807) is 23.8 Å². The Labute approximate surface area is 154 Å². The van der Waals surface area contributed by atoms with Gasteiger partial charge in [-0.05, 0) is 12.5 Å². The summed E-state index contributed by atoms with van der Waals surface area (Å²) in [5.41, 5.74) is 1.75. The van der Waals surface area contributed by atoms with Crippen LogP contribution in [0.4, 0.5) is 5.69 Å². The van der Waals surface area contributed by atoms with E-state index in [-0.39, 0.29) is 22.4 Å². The number of fused-ring (bicyclic) bond motifs is 5. The zero-order valence-corrected chi connectivity index (χ0v) is 14.6. The first-order chi connectivity index (χ1) is 13.0. The largest absolute Gasteiger partial charge is 0.385 e. The fourth-order valence-electron chi connectivity index (χ4n) is 3.66. The van der Waals surface area contributed by atoms with Crippen molar-refractivity contribution < 1.29 is 14.5 Å². The summed E-state index contributed by atoms with van der Waals surface area (Å²) in [6.45, 7) is 0.818. The molecular formula is C20H16N2O5. The molecule has 0 spiro atoms. The molecule has 0 amide bonds. The van der Waals surface area contributed by atoms with Crippen LogP contribution in [0.25, 0.3) is 22.0 Å². The summed E-state index contributed by atoms with van der Waals surface area (Å²) in [5.74, 6) is -0.167. The van der Waals surface area contributed by atoms with Gasteiger partial charge in [-0.1, -0.05) is 24.3 Å². The van der Waals surface area contributed by atoms with Gasteiger partial charge in [0.15, 0.2) is 5.78 Å². The Kier molecular flexibility index (Phi) is 4.08. The van der Waals surface area contributed by atoms with Crippen LogP contribution in [-0.2, 0) is 11.3 Å². The van der Waals surface area contributed by atoms with Crippen LogP contribution < -0.4 is 5.56 Å². The molecular weight excluding hydrogens is 348 g/mol. The highest BCUT2D eigenvalue weighted by Crippen LogP contribution is 2.39. The van der Waals surface area contributed by atoms with E-state index in [9.17, 15) is 19.7 Å². The summed E-state index contributed by atoms with van der Waals surface area (Å²) in [6, 6.07) is 11.2. The fourth-order valence-corrected chi connectivity index (χ4v) is 3.66. The maximum absolute atomic E-state index is 13.2. The molecule has 0 saturated carbocycles. The third-order valence-electron chi connectivity index (χ3n) is 4.85. The van der Waals surface area contributed by atoms with Gasteiger partial charge < -0.3 is 9.30 Å². The molecule has 7 nitrogen and oxygen atoms in total. The number of benzene rings is 2. The van der Waals surface area contributed by atoms with Crippen LogP contribution in [0.5, 0.6) is 0 Å². The Hall–Kier alpha value is -3.32. The number of hydrogen-bond acceptors (Lipinski definition) is 5. The van der Waals surface area contributed by atoms with E-state index < -0.39 is 4.92 Å². The summed E-state index contributed by atoms with van der Waals surface area (Å²) < 4.78 is 6.63. The number of rotatable bonds is 5. The van der Waals surface area contributed by atoms with Crippen molar-refractivity contribution in [2.45, 2.75) is 13.0 Å². The molecule has 2 aromatic carbocycles. The first kappa shape index (κ1) is 17.1. The second-order valence-electron chi connectivity index (χ2n) is 6.39. The van der Waals surface area contributed by atoms with Gasteiger partial charge >= 0.3 is 0 Å². The van der Waals surface area contributed by atoms with Crippen LogP contribution in [0.2, 0.25) is 0 Å². The topological polar surface area (TPSA) is 91.4 Å². The summed E-state index contributed by atoms with van der Waals surface area (Å²) in [4.78, 5) is 36.8. The molecule has 4 rings (SSSR count). The van der Waals surface area contributed by atoms with E-state index in [4.69, 9.17) is 4.74 Å². The standard InChI is InChI=1S/C20H16N2O5/c1-27-10-4-9-21-18-14-5-2-3-6-15(14)19(23)17(18)13-8-7-12(22(25)26)11-16(13)20(21)24/h2-3,5-8,11H,4,9-10H2,1H3. The number of aromatic nitrogens is 1. The highest BCUT2D eigenvalue weighted by molar-refractivity contribution is 6.26. The van der Waals surface area contributed by atoms with E-state index in [0.717, 1.165) is 0 Å². The highest BCUT2D eigenvalue weighted by atomic mass is 16.6. The van der Waals surface area contributed by atoms with Gasteiger partial charge in [0.2, 0.25) is 0 Å². The molecule has 27 heavy (non-hydrogen) atoms. The summed E-state index contributed by atoms with van der Waals surface area (Å²) in [7, 11) is 1.58. The number of pyridine rings is 1. The number of nitrogens with zero attached hydrogens (tertiary/aromatic N) is 2. The van der Waals surface area contributed by atoms with E-state index in [1.807, 2.05) is 12.1 Å². The second kappa shape index (κ2) is 6.44. The molecule has 0 saturated heterocycles. The Morgan fingerprint density at radius 3 is 2.52 bits per heavy atom. The van der Waals surface area contributed by atoms with Crippen molar-refractivity contribution >= 4 is 22.2 Å². The lowest BCUT2D eigenvalue weighted by molar-refractivity contribution is -0.384. The number of non-ortho nitro benzene ring substituents is 1. The van der Waals surface area contributed by atoms with Gasteiger partial charge in [0.25, 0.3) is 11.2 Å². The van der Waals surface area contributed by atoms with Crippen LogP contribution in [0.15, 0.2) is 47.3 Å². The van der Waals surface area contributed by atoms with E-state index in [2.05, 4.69) is 0 Å². The molecule has 1 aromatic heterocycles. The second-order valence-corrected chi connectivity index (χ2v) is 6.39. The van der Waals surface area contributed by atoms with Gasteiger partial charge in [-0.15, -0.1) is 0 Å². The molecule has 0 atom stereocenters. The minimum Gasteiger partial charge on any atom is -0.385 e. The monoisotopic (exact) mass is 364 g/mol.